The van der Waals surface area contributed by atoms with Crippen molar-refractivity contribution in [2.24, 2.45) is 7.05 Å². The van der Waals surface area contributed by atoms with Crippen molar-refractivity contribution in [3.63, 3.8) is 0 Å². The molecule has 2 aromatic rings. The van der Waals surface area contributed by atoms with Gasteiger partial charge in [-0.1, -0.05) is 0 Å². The molecule has 0 spiro atoms. The molecule has 0 amide bonds. The minimum atomic E-state index is -0.941. The van der Waals surface area contributed by atoms with Crippen molar-refractivity contribution in [1.29, 1.82) is 0 Å². The maximum absolute atomic E-state index is 13.7. The highest BCUT2D eigenvalue weighted by Crippen LogP contribution is 2.26. The highest BCUT2D eigenvalue weighted by molar-refractivity contribution is 5.29. The summed E-state index contributed by atoms with van der Waals surface area (Å²) in [5.41, 5.74) is -0.242. The van der Waals surface area contributed by atoms with Gasteiger partial charge in [-0.15, -0.1) is 0 Å². The molecule has 0 radical (unpaired) electrons. The van der Waals surface area contributed by atoms with Crippen molar-refractivity contribution in [2.75, 3.05) is 7.05 Å². The van der Waals surface area contributed by atoms with Crippen LogP contribution in [-0.2, 0) is 7.05 Å². The maximum atomic E-state index is 13.7. The second-order valence-electron chi connectivity index (χ2n) is 3.90. The van der Waals surface area contributed by atoms with Crippen molar-refractivity contribution in [1.82, 2.24) is 14.9 Å². The first-order valence-corrected chi connectivity index (χ1v) is 5.33. The summed E-state index contributed by atoms with van der Waals surface area (Å²) < 4.78 is 41.9. The number of nitrogens with zero attached hydrogens (tertiary/aromatic N) is 2. The number of nitrogens with one attached hydrogen (secondary N) is 1. The summed E-state index contributed by atoms with van der Waals surface area (Å²) in [6, 6.07) is 0.544. The van der Waals surface area contributed by atoms with Gasteiger partial charge in [0, 0.05) is 37.1 Å². The predicted octanol–water partition coefficient (Wildman–Crippen LogP) is 2.15. The van der Waals surface area contributed by atoms with Crippen LogP contribution in [0.5, 0.6) is 0 Å². The molecule has 1 heterocycles. The first-order chi connectivity index (χ1) is 8.54. The fourth-order valence-corrected chi connectivity index (χ4v) is 1.89. The SMILES string of the molecule is CNC(c1c(F)cc(F)cc1F)c1nccn1C. The highest BCUT2D eigenvalue weighted by Gasteiger charge is 2.24. The van der Waals surface area contributed by atoms with Gasteiger partial charge in [0.2, 0.25) is 0 Å². The Bertz CT molecular complexity index is 542. The number of halogens is 3. The number of aromatic nitrogens is 2. The van der Waals surface area contributed by atoms with E-state index in [1.165, 1.54) is 6.20 Å². The third-order valence-electron chi connectivity index (χ3n) is 2.74. The number of benzene rings is 1. The Balaban J connectivity index is 2.56. The van der Waals surface area contributed by atoms with Crippen molar-refractivity contribution < 1.29 is 13.2 Å². The lowest BCUT2D eigenvalue weighted by Gasteiger charge is -2.17. The molecule has 18 heavy (non-hydrogen) atoms. The molecule has 1 unspecified atom stereocenters. The minimum absolute atomic E-state index is 0.242. The van der Waals surface area contributed by atoms with E-state index in [9.17, 15) is 13.2 Å². The molecule has 6 heteroatoms. The summed E-state index contributed by atoms with van der Waals surface area (Å²) in [4.78, 5) is 4.04. The topological polar surface area (TPSA) is 29.9 Å². The lowest BCUT2D eigenvalue weighted by Crippen LogP contribution is -2.23. The smallest absolute Gasteiger partial charge is 0.134 e. The molecule has 3 nitrogen and oxygen atoms in total. The summed E-state index contributed by atoms with van der Waals surface area (Å²) in [5.74, 6) is -2.37. The van der Waals surface area contributed by atoms with E-state index in [0.29, 0.717) is 18.0 Å². The summed E-state index contributed by atoms with van der Waals surface area (Å²) in [6.45, 7) is 0. The number of imidazole rings is 1. The van der Waals surface area contributed by atoms with E-state index in [2.05, 4.69) is 10.3 Å². The number of hydrogen-bond acceptors (Lipinski definition) is 2. The quantitative estimate of drug-likeness (QED) is 0.910. The number of rotatable bonds is 3. The van der Waals surface area contributed by atoms with Gasteiger partial charge in [-0.05, 0) is 7.05 Å². The van der Waals surface area contributed by atoms with Crippen LogP contribution in [0.3, 0.4) is 0 Å². The summed E-state index contributed by atoms with van der Waals surface area (Å²) in [6.07, 6.45) is 3.19. The van der Waals surface area contributed by atoms with Gasteiger partial charge in [0.05, 0.1) is 6.04 Å². The molecule has 0 fully saturated rings. The Morgan fingerprint density at radius 1 is 1.22 bits per heavy atom. The van der Waals surface area contributed by atoms with Gasteiger partial charge < -0.3 is 9.88 Å². The Kier molecular flexibility index (Phi) is 3.38. The third-order valence-corrected chi connectivity index (χ3v) is 2.74. The van der Waals surface area contributed by atoms with Gasteiger partial charge in [0.25, 0.3) is 0 Å². The monoisotopic (exact) mass is 255 g/mol. The zero-order chi connectivity index (χ0) is 13.3. The van der Waals surface area contributed by atoms with E-state index in [1.54, 1.807) is 24.9 Å². The van der Waals surface area contributed by atoms with E-state index >= 15 is 0 Å². The summed E-state index contributed by atoms with van der Waals surface area (Å²) in [7, 11) is 3.27. The van der Waals surface area contributed by atoms with E-state index in [-0.39, 0.29) is 5.56 Å². The maximum Gasteiger partial charge on any atom is 0.134 e. The van der Waals surface area contributed by atoms with E-state index < -0.39 is 23.5 Å². The van der Waals surface area contributed by atoms with Gasteiger partial charge >= 0.3 is 0 Å². The van der Waals surface area contributed by atoms with Gasteiger partial charge in [-0.25, -0.2) is 18.2 Å². The fraction of sp³-hybridized carbons (Fsp3) is 0.250. The Labute approximate surface area is 102 Å². The Morgan fingerprint density at radius 3 is 2.28 bits per heavy atom. The first kappa shape index (κ1) is 12.6. The molecule has 1 atom stereocenters. The molecule has 2 rings (SSSR count). The van der Waals surface area contributed by atoms with Crippen molar-refractivity contribution >= 4 is 0 Å². The van der Waals surface area contributed by atoms with E-state index in [4.69, 9.17) is 0 Å². The third kappa shape index (κ3) is 2.11. The normalized spacial score (nSPS) is 12.7. The largest absolute Gasteiger partial charge is 0.336 e. The average Bonchev–Trinajstić information content (AvgIpc) is 2.69. The van der Waals surface area contributed by atoms with Gasteiger partial charge in [-0.3, -0.25) is 0 Å². The summed E-state index contributed by atoms with van der Waals surface area (Å²) in [5, 5.41) is 2.78. The lowest BCUT2D eigenvalue weighted by atomic mass is 10.0. The van der Waals surface area contributed by atoms with Gasteiger partial charge in [0.15, 0.2) is 0 Å². The van der Waals surface area contributed by atoms with Crippen LogP contribution in [0.25, 0.3) is 0 Å². The fourth-order valence-electron chi connectivity index (χ4n) is 1.89. The van der Waals surface area contributed by atoms with Crippen molar-refractivity contribution in [3.05, 3.63) is 53.4 Å². The molecule has 0 aliphatic rings. The molecule has 1 aromatic heterocycles. The molecular weight excluding hydrogens is 243 g/mol. The molecule has 1 N–H and O–H groups in total. The van der Waals surface area contributed by atoms with Crippen LogP contribution in [0.1, 0.15) is 17.4 Å². The molecular formula is C12H12F3N3. The van der Waals surface area contributed by atoms with Gasteiger partial charge in [-0.2, -0.15) is 0 Å². The Morgan fingerprint density at radius 2 is 1.83 bits per heavy atom. The van der Waals surface area contributed by atoms with Crippen LogP contribution in [0, 0.1) is 17.5 Å². The van der Waals surface area contributed by atoms with Crippen LogP contribution in [0.4, 0.5) is 13.2 Å². The first-order valence-electron chi connectivity index (χ1n) is 5.33. The molecule has 1 aromatic carbocycles. The zero-order valence-corrected chi connectivity index (χ0v) is 9.92. The summed E-state index contributed by atoms with van der Waals surface area (Å²) >= 11 is 0. The van der Waals surface area contributed by atoms with E-state index in [0.717, 1.165) is 0 Å². The van der Waals surface area contributed by atoms with Crippen LogP contribution < -0.4 is 5.32 Å². The number of hydrogen-bond donors (Lipinski definition) is 1. The minimum Gasteiger partial charge on any atom is -0.336 e. The molecule has 0 aliphatic carbocycles. The highest BCUT2D eigenvalue weighted by atomic mass is 19.1. The van der Waals surface area contributed by atoms with Crippen LogP contribution >= 0.6 is 0 Å². The Hall–Kier alpha value is -1.82. The lowest BCUT2D eigenvalue weighted by molar-refractivity contribution is 0.488. The van der Waals surface area contributed by atoms with Gasteiger partial charge in [0.1, 0.15) is 23.3 Å². The molecule has 0 saturated carbocycles. The van der Waals surface area contributed by atoms with Crippen LogP contribution in [0.2, 0.25) is 0 Å². The molecule has 96 valence electrons. The second-order valence-corrected chi connectivity index (χ2v) is 3.90. The zero-order valence-electron chi connectivity index (χ0n) is 9.92. The molecule has 0 saturated heterocycles. The van der Waals surface area contributed by atoms with Crippen molar-refractivity contribution in [3.8, 4) is 0 Å². The number of aryl methyl sites for hydroxylation is 1. The van der Waals surface area contributed by atoms with Crippen LogP contribution in [-0.4, -0.2) is 16.6 Å². The molecule has 0 bridgehead atoms. The average molecular weight is 255 g/mol. The second kappa shape index (κ2) is 4.81. The standard InChI is InChI=1S/C12H12F3N3/c1-16-11(12-17-3-4-18(12)2)10-8(14)5-7(13)6-9(10)15/h3-6,11,16H,1-2H3. The molecule has 0 aliphatic heterocycles. The van der Waals surface area contributed by atoms with Crippen LogP contribution in [0.15, 0.2) is 24.5 Å². The predicted molar refractivity (Wildman–Crippen MR) is 60.4 cm³/mol. The van der Waals surface area contributed by atoms with E-state index in [1.807, 2.05) is 0 Å². The van der Waals surface area contributed by atoms with Crippen molar-refractivity contribution in [2.45, 2.75) is 6.04 Å².